The molecule has 19 heavy (non-hydrogen) atoms. The summed E-state index contributed by atoms with van der Waals surface area (Å²) in [6, 6.07) is 10.5. The fraction of sp³-hybridized carbons (Fsp3) is 0.143. The zero-order valence-electron chi connectivity index (χ0n) is 10.1. The van der Waals surface area contributed by atoms with Gasteiger partial charge in [-0.2, -0.15) is 0 Å². The van der Waals surface area contributed by atoms with Crippen molar-refractivity contribution in [3.8, 4) is 0 Å². The standard InChI is InChI=1S/C14H11Cl2FIN/c1-8(19-10-4-2-3-9(18)7-10)13-11(15)5-6-12(17)14(13)16/h2-8,19H,1H3. The van der Waals surface area contributed by atoms with Gasteiger partial charge in [0, 0.05) is 19.8 Å². The smallest absolute Gasteiger partial charge is 0.142 e. The zero-order chi connectivity index (χ0) is 14.0. The molecule has 100 valence electrons. The van der Waals surface area contributed by atoms with Gasteiger partial charge in [-0.05, 0) is 59.8 Å². The van der Waals surface area contributed by atoms with Crippen LogP contribution in [0.15, 0.2) is 36.4 Å². The monoisotopic (exact) mass is 409 g/mol. The molecule has 0 amide bonds. The number of halogens is 4. The average molecular weight is 410 g/mol. The van der Waals surface area contributed by atoms with Crippen molar-refractivity contribution in [1.82, 2.24) is 0 Å². The minimum absolute atomic E-state index is 0.0677. The van der Waals surface area contributed by atoms with E-state index in [0.29, 0.717) is 10.6 Å². The van der Waals surface area contributed by atoms with Crippen molar-refractivity contribution in [3.05, 3.63) is 61.4 Å². The first-order valence-electron chi connectivity index (χ1n) is 5.64. The topological polar surface area (TPSA) is 12.0 Å². The molecule has 1 N–H and O–H groups in total. The average Bonchev–Trinajstić information content (AvgIpc) is 2.34. The molecule has 1 nitrogen and oxygen atoms in total. The van der Waals surface area contributed by atoms with Crippen molar-refractivity contribution in [2.75, 3.05) is 5.32 Å². The fourth-order valence-electron chi connectivity index (χ4n) is 1.84. The predicted molar refractivity (Wildman–Crippen MR) is 87.6 cm³/mol. The first-order chi connectivity index (χ1) is 8.99. The maximum absolute atomic E-state index is 13.5. The van der Waals surface area contributed by atoms with E-state index in [1.165, 1.54) is 12.1 Å². The largest absolute Gasteiger partial charge is 0.378 e. The van der Waals surface area contributed by atoms with Crippen LogP contribution in [0.1, 0.15) is 18.5 Å². The van der Waals surface area contributed by atoms with Gasteiger partial charge in [0.1, 0.15) is 5.82 Å². The maximum Gasteiger partial charge on any atom is 0.142 e. The number of rotatable bonds is 3. The van der Waals surface area contributed by atoms with E-state index >= 15 is 0 Å². The molecule has 0 fully saturated rings. The van der Waals surface area contributed by atoms with E-state index in [9.17, 15) is 4.39 Å². The molecule has 0 heterocycles. The van der Waals surface area contributed by atoms with Crippen LogP contribution in [-0.2, 0) is 0 Å². The number of anilines is 1. The van der Waals surface area contributed by atoms with Crippen LogP contribution in [0.2, 0.25) is 10.0 Å². The van der Waals surface area contributed by atoms with Gasteiger partial charge in [-0.3, -0.25) is 0 Å². The number of hydrogen-bond donors (Lipinski definition) is 1. The highest BCUT2D eigenvalue weighted by Gasteiger charge is 2.17. The van der Waals surface area contributed by atoms with Crippen LogP contribution >= 0.6 is 45.8 Å². The van der Waals surface area contributed by atoms with Gasteiger partial charge < -0.3 is 5.32 Å². The van der Waals surface area contributed by atoms with E-state index in [1.807, 2.05) is 31.2 Å². The Hall–Kier alpha value is -0.520. The Kier molecular flexibility index (Phi) is 4.92. The first-order valence-corrected chi connectivity index (χ1v) is 7.48. The molecule has 1 unspecified atom stereocenters. The summed E-state index contributed by atoms with van der Waals surface area (Å²) in [5.74, 6) is -0.461. The second-order valence-corrected chi connectivity index (χ2v) is 6.16. The van der Waals surface area contributed by atoms with Gasteiger partial charge in [0.25, 0.3) is 0 Å². The molecule has 0 aliphatic heterocycles. The van der Waals surface area contributed by atoms with Crippen LogP contribution in [0.5, 0.6) is 0 Å². The van der Waals surface area contributed by atoms with E-state index in [2.05, 4.69) is 27.9 Å². The molecule has 2 rings (SSSR count). The van der Waals surface area contributed by atoms with Crippen molar-refractivity contribution >= 4 is 51.5 Å². The molecule has 0 aliphatic rings. The van der Waals surface area contributed by atoms with Gasteiger partial charge in [0.05, 0.1) is 11.1 Å². The summed E-state index contributed by atoms with van der Waals surface area (Å²) in [6.45, 7) is 1.90. The molecular formula is C14H11Cl2FIN. The van der Waals surface area contributed by atoms with Gasteiger partial charge in [-0.1, -0.05) is 29.3 Å². The Morgan fingerprint density at radius 3 is 2.63 bits per heavy atom. The summed E-state index contributed by atoms with van der Waals surface area (Å²) in [6.07, 6.45) is 0. The Morgan fingerprint density at radius 2 is 1.95 bits per heavy atom. The van der Waals surface area contributed by atoms with Crippen LogP contribution in [0.25, 0.3) is 0 Å². The highest BCUT2D eigenvalue weighted by molar-refractivity contribution is 14.1. The Morgan fingerprint density at radius 1 is 1.21 bits per heavy atom. The molecule has 0 saturated heterocycles. The molecule has 0 bridgehead atoms. The highest BCUT2D eigenvalue weighted by atomic mass is 127. The fourth-order valence-corrected chi connectivity index (χ4v) is 3.08. The van der Waals surface area contributed by atoms with Crippen molar-refractivity contribution in [2.45, 2.75) is 13.0 Å². The Bertz CT molecular complexity index is 604. The van der Waals surface area contributed by atoms with E-state index < -0.39 is 5.82 Å². The third-order valence-electron chi connectivity index (χ3n) is 2.72. The maximum atomic E-state index is 13.5. The minimum Gasteiger partial charge on any atom is -0.378 e. The first kappa shape index (κ1) is 14.9. The van der Waals surface area contributed by atoms with Gasteiger partial charge >= 0.3 is 0 Å². The van der Waals surface area contributed by atoms with Gasteiger partial charge in [0.2, 0.25) is 0 Å². The molecule has 0 radical (unpaired) electrons. The van der Waals surface area contributed by atoms with Crippen LogP contribution < -0.4 is 5.32 Å². The third kappa shape index (κ3) is 3.52. The highest BCUT2D eigenvalue weighted by Crippen LogP contribution is 2.34. The van der Waals surface area contributed by atoms with Gasteiger partial charge in [-0.25, -0.2) is 4.39 Å². The Labute approximate surface area is 135 Å². The van der Waals surface area contributed by atoms with Crippen LogP contribution in [0.3, 0.4) is 0 Å². The quantitative estimate of drug-likeness (QED) is 0.490. The van der Waals surface area contributed by atoms with E-state index in [4.69, 9.17) is 23.2 Å². The Balaban J connectivity index is 2.30. The van der Waals surface area contributed by atoms with Crippen LogP contribution in [-0.4, -0.2) is 0 Å². The number of benzene rings is 2. The number of nitrogens with one attached hydrogen (secondary N) is 1. The second-order valence-electron chi connectivity index (χ2n) is 4.13. The summed E-state index contributed by atoms with van der Waals surface area (Å²) >= 11 is 14.3. The zero-order valence-corrected chi connectivity index (χ0v) is 13.7. The number of hydrogen-bond acceptors (Lipinski definition) is 1. The lowest BCUT2D eigenvalue weighted by Gasteiger charge is -2.18. The van der Waals surface area contributed by atoms with E-state index in [0.717, 1.165) is 9.26 Å². The van der Waals surface area contributed by atoms with Crippen molar-refractivity contribution in [3.63, 3.8) is 0 Å². The summed E-state index contributed by atoms with van der Waals surface area (Å²) in [7, 11) is 0. The van der Waals surface area contributed by atoms with E-state index in [-0.39, 0.29) is 11.1 Å². The molecule has 2 aromatic rings. The summed E-state index contributed by atoms with van der Waals surface area (Å²) in [5.41, 5.74) is 1.51. The van der Waals surface area contributed by atoms with Crippen LogP contribution in [0.4, 0.5) is 10.1 Å². The summed E-state index contributed by atoms with van der Waals surface area (Å²) < 4.78 is 14.6. The molecule has 1 atom stereocenters. The lowest BCUT2D eigenvalue weighted by atomic mass is 10.1. The molecule has 0 spiro atoms. The molecule has 0 saturated carbocycles. The van der Waals surface area contributed by atoms with Crippen LogP contribution in [0, 0.1) is 9.39 Å². The SMILES string of the molecule is CC(Nc1cccc(I)c1)c1c(Cl)ccc(F)c1Cl. The lowest BCUT2D eigenvalue weighted by molar-refractivity contribution is 0.624. The lowest BCUT2D eigenvalue weighted by Crippen LogP contribution is -2.08. The van der Waals surface area contributed by atoms with Crippen molar-refractivity contribution in [2.24, 2.45) is 0 Å². The molecule has 0 aliphatic carbocycles. The van der Waals surface area contributed by atoms with Gasteiger partial charge in [-0.15, -0.1) is 0 Å². The minimum atomic E-state index is -0.461. The van der Waals surface area contributed by atoms with Gasteiger partial charge in [0.15, 0.2) is 0 Å². The molecule has 0 aromatic heterocycles. The predicted octanol–water partition coefficient (Wildman–Crippen LogP) is 5.91. The second kappa shape index (κ2) is 6.29. The molecule has 2 aromatic carbocycles. The molecule has 5 heteroatoms. The normalized spacial score (nSPS) is 12.3. The van der Waals surface area contributed by atoms with Crippen molar-refractivity contribution in [1.29, 1.82) is 0 Å². The summed E-state index contributed by atoms with van der Waals surface area (Å²) in [5, 5.41) is 3.79. The van der Waals surface area contributed by atoms with Crippen molar-refractivity contribution < 1.29 is 4.39 Å². The van der Waals surface area contributed by atoms with E-state index in [1.54, 1.807) is 0 Å². The summed E-state index contributed by atoms with van der Waals surface area (Å²) in [4.78, 5) is 0. The third-order valence-corrected chi connectivity index (χ3v) is 4.10. The molecular weight excluding hydrogens is 399 g/mol.